The van der Waals surface area contributed by atoms with Crippen LogP contribution in [-0.2, 0) is 9.53 Å². The number of hydrogen-bond donors (Lipinski definition) is 2. The molecule has 0 bridgehead atoms. The summed E-state index contributed by atoms with van der Waals surface area (Å²) in [7, 11) is 1.47. The Labute approximate surface area is 159 Å². The summed E-state index contributed by atoms with van der Waals surface area (Å²) in [6.45, 7) is 7.70. The summed E-state index contributed by atoms with van der Waals surface area (Å²) < 4.78 is 15.8. The summed E-state index contributed by atoms with van der Waals surface area (Å²) in [5.74, 6) is -0.172. The van der Waals surface area contributed by atoms with E-state index in [0.29, 0.717) is 24.0 Å². The fraction of sp³-hybridized carbons (Fsp3) is 0.526. The molecule has 0 radical (unpaired) electrons. The maximum Gasteiger partial charge on any atom is 0.338 e. The van der Waals surface area contributed by atoms with Crippen LogP contribution in [0, 0.1) is 5.92 Å². The van der Waals surface area contributed by atoms with Crippen LogP contribution in [0.4, 0.5) is 4.79 Å². The zero-order chi connectivity index (χ0) is 20.4. The quantitative estimate of drug-likeness (QED) is 0.638. The number of esters is 1. The van der Waals surface area contributed by atoms with Crippen molar-refractivity contribution >= 4 is 17.9 Å². The van der Waals surface area contributed by atoms with Gasteiger partial charge in [-0.05, 0) is 37.5 Å². The third-order valence-corrected chi connectivity index (χ3v) is 3.55. The SMILES string of the molecule is CC[C@H](C)NC(=O)NC(=O)COC(=O)c1ccc(OCC(C)C)c(OC)c1. The maximum atomic E-state index is 12.1. The topological polar surface area (TPSA) is 103 Å². The summed E-state index contributed by atoms with van der Waals surface area (Å²) in [5, 5.41) is 4.68. The average Bonchev–Trinajstić information content (AvgIpc) is 2.63. The molecule has 1 aromatic carbocycles. The molecule has 0 aromatic heterocycles. The van der Waals surface area contributed by atoms with Gasteiger partial charge in [-0.3, -0.25) is 10.1 Å². The van der Waals surface area contributed by atoms with E-state index in [0.717, 1.165) is 6.42 Å². The van der Waals surface area contributed by atoms with Crippen LogP contribution < -0.4 is 20.1 Å². The van der Waals surface area contributed by atoms with Crippen molar-refractivity contribution in [1.29, 1.82) is 0 Å². The Hall–Kier alpha value is -2.77. The van der Waals surface area contributed by atoms with E-state index in [2.05, 4.69) is 10.6 Å². The summed E-state index contributed by atoms with van der Waals surface area (Å²) >= 11 is 0. The van der Waals surface area contributed by atoms with Crippen LogP contribution in [0.1, 0.15) is 44.5 Å². The van der Waals surface area contributed by atoms with Crippen molar-refractivity contribution in [2.75, 3.05) is 20.3 Å². The van der Waals surface area contributed by atoms with Crippen LogP contribution in [0.2, 0.25) is 0 Å². The first-order valence-corrected chi connectivity index (χ1v) is 8.85. The molecule has 0 aliphatic carbocycles. The number of nitrogens with one attached hydrogen (secondary N) is 2. The van der Waals surface area contributed by atoms with Crippen molar-refractivity contribution < 1.29 is 28.6 Å². The van der Waals surface area contributed by atoms with Crippen LogP contribution in [0.5, 0.6) is 11.5 Å². The van der Waals surface area contributed by atoms with Gasteiger partial charge in [0.15, 0.2) is 18.1 Å². The first kappa shape index (κ1) is 22.3. The molecular formula is C19H28N2O6. The van der Waals surface area contributed by atoms with Gasteiger partial charge < -0.3 is 19.5 Å². The molecule has 0 aliphatic heterocycles. The second-order valence-electron chi connectivity index (χ2n) is 6.48. The Morgan fingerprint density at radius 3 is 2.41 bits per heavy atom. The molecule has 0 unspecified atom stereocenters. The van der Waals surface area contributed by atoms with E-state index < -0.39 is 24.5 Å². The smallest absolute Gasteiger partial charge is 0.338 e. The van der Waals surface area contributed by atoms with Gasteiger partial charge in [0.1, 0.15) is 0 Å². The van der Waals surface area contributed by atoms with E-state index in [1.165, 1.54) is 19.2 Å². The minimum atomic E-state index is -0.715. The average molecular weight is 380 g/mol. The van der Waals surface area contributed by atoms with Gasteiger partial charge >= 0.3 is 12.0 Å². The van der Waals surface area contributed by atoms with Gasteiger partial charge in [0.2, 0.25) is 0 Å². The molecule has 150 valence electrons. The monoisotopic (exact) mass is 380 g/mol. The van der Waals surface area contributed by atoms with Gasteiger partial charge in [0.25, 0.3) is 5.91 Å². The highest BCUT2D eigenvalue weighted by atomic mass is 16.5. The van der Waals surface area contributed by atoms with Crippen molar-refractivity contribution in [3.63, 3.8) is 0 Å². The van der Waals surface area contributed by atoms with Crippen molar-refractivity contribution in [2.45, 2.75) is 40.2 Å². The van der Waals surface area contributed by atoms with Crippen molar-refractivity contribution in [2.24, 2.45) is 5.92 Å². The standard InChI is InChI=1S/C19H28N2O6/c1-6-13(4)20-19(24)21-17(22)11-27-18(23)14-7-8-15(16(9-14)25-5)26-10-12(2)3/h7-9,12-13H,6,10-11H2,1-5H3,(H2,20,21,22,24)/t13-/m0/s1. The predicted molar refractivity (Wildman–Crippen MR) is 100 cm³/mol. The number of ether oxygens (including phenoxy) is 3. The molecule has 0 spiro atoms. The maximum absolute atomic E-state index is 12.1. The van der Waals surface area contributed by atoms with Gasteiger partial charge in [-0.15, -0.1) is 0 Å². The van der Waals surface area contributed by atoms with E-state index in [9.17, 15) is 14.4 Å². The molecule has 1 aromatic rings. The third-order valence-electron chi connectivity index (χ3n) is 3.55. The molecule has 0 heterocycles. The Bertz CT molecular complexity index is 660. The van der Waals surface area contributed by atoms with Gasteiger partial charge in [-0.1, -0.05) is 20.8 Å². The first-order valence-electron chi connectivity index (χ1n) is 8.85. The molecule has 1 rings (SSSR count). The van der Waals surface area contributed by atoms with E-state index in [4.69, 9.17) is 14.2 Å². The largest absolute Gasteiger partial charge is 0.493 e. The molecular weight excluding hydrogens is 352 g/mol. The molecule has 8 nitrogen and oxygen atoms in total. The van der Waals surface area contributed by atoms with Gasteiger partial charge in [-0.2, -0.15) is 0 Å². The molecule has 0 saturated carbocycles. The number of rotatable bonds is 9. The molecule has 0 aliphatic rings. The minimum Gasteiger partial charge on any atom is -0.493 e. The van der Waals surface area contributed by atoms with Crippen LogP contribution in [0.3, 0.4) is 0 Å². The Balaban J connectivity index is 2.59. The summed E-state index contributed by atoms with van der Waals surface area (Å²) in [4.78, 5) is 35.4. The highest BCUT2D eigenvalue weighted by Crippen LogP contribution is 2.28. The number of carbonyl (C=O) groups is 3. The number of hydrogen-bond acceptors (Lipinski definition) is 6. The Morgan fingerprint density at radius 1 is 1.11 bits per heavy atom. The lowest BCUT2D eigenvalue weighted by Crippen LogP contribution is -2.44. The van der Waals surface area contributed by atoms with E-state index in [1.54, 1.807) is 6.07 Å². The minimum absolute atomic E-state index is 0.0655. The normalized spacial score (nSPS) is 11.5. The zero-order valence-corrected chi connectivity index (χ0v) is 16.5. The summed E-state index contributed by atoms with van der Waals surface area (Å²) in [5.41, 5.74) is 0.209. The van der Waals surface area contributed by atoms with Crippen LogP contribution in [0.25, 0.3) is 0 Å². The predicted octanol–water partition coefficient (Wildman–Crippen LogP) is 2.51. The van der Waals surface area contributed by atoms with Gasteiger partial charge in [0, 0.05) is 6.04 Å². The second kappa shape index (κ2) is 11.1. The lowest BCUT2D eigenvalue weighted by Gasteiger charge is -2.13. The molecule has 0 fully saturated rings. The fourth-order valence-corrected chi connectivity index (χ4v) is 1.91. The molecule has 3 amide bonds. The highest BCUT2D eigenvalue weighted by Gasteiger charge is 2.16. The lowest BCUT2D eigenvalue weighted by atomic mass is 10.2. The van der Waals surface area contributed by atoms with Crippen LogP contribution >= 0.6 is 0 Å². The molecule has 8 heteroatoms. The van der Waals surface area contributed by atoms with E-state index in [-0.39, 0.29) is 11.6 Å². The molecule has 0 saturated heterocycles. The molecule has 2 N–H and O–H groups in total. The van der Waals surface area contributed by atoms with Crippen molar-refractivity contribution in [3.8, 4) is 11.5 Å². The highest BCUT2D eigenvalue weighted by molar-refractivity contribution is 5.97. The van der Waals surface area contributed by atoms with E-state index in [1.807, 2.05) is 27.7 Å². The number of amides is 3. The number of carbonyl (C=O) groups excluding carboxylic acids is 3. The second-order valence-corrected chi connectivity index (χ2v) is 6.48. The summed E-state index contributed by atoms with van der Waals surface area (Å²) in [6, 6.07) is 3.92. The van der Waals surface area contributed by atoms with Gasteiger partial charge in [-0.25, -0.2) is 9.59 Å². The number of benzene rings is 1. The van der Waals surface area contributed by atoms with Crippen LogP contribution in [0.15, 0.2) is 18.2 Å². The Kier molecular flexibility index (Phi) is 9.12. The fourth-order valence-electron chi connectivity index (χ4n) is 1.91. The third kappa shape index (κ3) is 7.98. The number of imide groups is 1. The van der Waals surface area contributed by atoms with Crippen LogP contribution in [-0.4, -0.2) is 44.3 Å². The lowest BCUT2D eigenvalue weighted by molar-refractivity contribution is -0.123. The van der Waals surface area contributed by atoms with Crippen molar-refractivity contribution in [1.82, 2.24) is 10.6 Å². The zero-order valence-electron chi connectivity index (χ0n) is 16.5. The summed E-state index contributed by atoms with van der Waals surface area (Å²) in [6.07, 6.45) is 0.731. The molecule has 1 atom stereocenters. The van der Waals surface area contributed by atoms with Gasteiger partial charge in [0.05, 0.1) is 19.3 Å². The van der Waals surface area contributed by atoms with Crippen molar-refractivity contribution in [3.05, 3.63) is 23.8 Å². The first-order chi connectivity index (χ1) is 12.8. The number of methoxy groups -OCH3 is 1. The Morgan fingerprint density at radius 2 is 1.81 bits per heavy atom. The molecule has 27 heavy (non-hydrogen) atoms. The number of urea groups is 1. The van der Waals surface area contributed by atoms with E-state index >= 15 is 0 Å².